The van der Waals surface area contributed by atoms with Crippen molar-refractivity contribution in [3.8, 4) is 0 Å². The summed E-state index contributed by atoms with van der Waals surface area (Å²) in [4.78, 5) is 42.0. The fourth-order valence-corrected chi connectivity index (χ4v) is 4.24. The van der Waals surface area contributed by atoms with E-state index in [4.69, 9.17) is 4.74 Å². The Labute approximate surface area is 226 Å². The molecule has 3 N–H and O–H groups in total. The molecule has 2 aromatic carbocycles. The molecule has 0 saturated heterocycles. The molecule has 38 heavy (non-hydrogen) atoms. The van der Waals surface area contributed by atoms with E-state index in [0.29, 0.717) is 17.7 Å². The number of carbonyl (C=O) groups is 3. The van der Waals surface area contributed by atoms with Gasteiger partial charge < -0.3 is 25.4 Å². The van der Waals surface area contributed by atoms with Gasteiger partial charge in [-0.2, -0.15) is 0 Å². The van der Waals surface area contributed by atoms with Gasteiger partial charge in [-0.3, -0.25) is 9.59 Å². The number of hydrogen-bond acceptors (Lipinski definition) is 5. The second-order valence-electron chi connectivity index (χ2n) is 11.2. The van der Waals surface area contributed by atoms with Gasteiger partial charge in [-0.15, -0.1) is 0 Å². The Morgan fingerprint density at radius 2 is 1.66 bits per heavy atom. The van der Waals surface area contributed by atoms with E-state index < -0.39 is 35.6 Å². The molecule has 0 bridgehead atoms. The Hall–Kier alpha value is -3.39. The number of amides is 3. The second-order valence-corrected chi connectivity index (χ2v) is 11.2. The normalized spacial score (nSPS) is 13.0. The highest BCUT2D eigenvalue weighted by Gasteiger charge is 2.37. The van der Waals surface area contributed by atoms with Crippen LogP contribution < -0.4 is 10.6 Å². The zero-order chi connectivity index (χ0) is 28.6. The summed E-state index contributed by atoms with van der Waals surface area (Å²) < 4.78 is 5.41. The molecule has 2 unspecified atom stereocenters. The van der Waals surface area contributed by atoms with Gasteiger partial charge in [0.1, 0.15) is 17.7 Å². The number of aliphatic hydroxyl groups is 1. The predicted octanol–water partition coefficient (Wildman–Crippen LogP) is 5.05. The summed E-state index contributed by atoms with van der Waals surface area (Å²) in [5, 5.41) is 15.7. The summed E-state index contributed by atoms with van der Waals surface area (Å²) in [6, 6.07) is 11.2. The SMILES string of the molecule is Cc1ccc(C)c(C(C(=O)Nc2ccccc2C)N(CCO)C(=O)C(CC(C)C)NC(=O)OC(C)(C)C)c1. The van der Waals surface area contributed by atoms with Gasteiger partial charge in [0.2, 0.25) is 5.91 Å². The standard InChI is InChI=1S/C30H43N3O5/c1-19(2)17-25(32-29(37)38-30(6,7)8)28(36)33(15-16-34)26(23-18-20(3)13-14-21(23)4)27(35)31-24-12-10-9-11-22(24)5/h9-14,18-19,25-26,34H,15-17H2,1-8H3,(H,31,35)(H,32,37). The van der Waals surface area contributed by atoms with Crippen molar-refractivity contribution >= 4 is 23.6 Å². The number of rotatable bonds is 10. The largest absolute Gasteiger partial charge is 0.444 e. The number of nitrogens with one attached hydrogen (secondary N) is 2. The van der Waals surface area contributed by atoms with Crippen LogP contribution in [0.1, 0.15) is 69.3 Å². The average molecular weight is 526 g/mol. The molecule has 8 nitrogen and oxygen atoms in total. The molecule has 2 rings (SSSR count). The van der Waals surface area contributed by atoms with Crippen molar-refractivity contribution in [2.75, 3.05) is 18.5 Å². The molecule has 0 aliphatic carbocycles. The van der Waals surface area contributed by atoms with Crippen LogP contribution in [0.3, 0.4) is 0 Å². The van der Waals surface area contributed by atoms with Crippen LogP contribution >= 0.6 is 0 Å². The molecule has 0 fully saturated rings. The maximum atomic E-state index is 14.1. The van der Waals surface area contributed by atoms with E-state index in [1.165, 1.54) is 4.90 Å². The number of carbonyl (C=O) groups excluding carboxylic acids is 3. The lowest BCUT2D eigenvalue weighted by molar-refractivity contribution is -0.141. The molecule has 0 spiro atoms. The molecule has 0 radical (unpaired) electrons. The van der Waals surface area contributed by atoms with Crippen LogP contribution in [0.4, 0.5) is 10.5 Å². The first-order valence-corrected chi connectivity index (χ1v) is 13.1. The molecule has 3 amide bonds. The van der Waals surface area contributed by atoms with E-state index in [9.17, 15) is 19.5 Å². The molecule has 2 aromatic rings. The van der Waals surface area contributed by atoms with E-state index in [-0.39, 0.29) is 19.1 Å². The van der Waals surface area contributed by atoms with Gasteiger partial charge in [0.25, 0.3) is 5.91 Å². The number of aliphatic hydroxyl groups excluding tert-OH is 1. The lowest BCUT2D eigenvalue weighted by Gasteiger charge is -2.35. The Morgan fingerprint density at radius 1 is 1.00 bits per heavy atom. The third kappa shape index (κ3) is 8.87. The minimum atomic E-state index is -1.04. The maximum absolute atomic E-state index is 14.1. The van der Waals surface area contributed by atoms with Crippen LogP contribution in [-0.2, 0) is 14.3 Å². The van der Waals surface area contributed by atoms with Crippen LogP contribution in [-0.4, -0.2) is 52.7 Å². The first kappa shape index (κ1) is 30.8. The van der Waals surface area contributed by atoms with Crippen molar-refractivity contribution in [1.29, 1.82) is 0 Å². The number of alkyl carbamates (subject to hydrolysis) is 1. The first-order chi connectivity index (χ1) is 17.7. The summed E-state index contributed by atoms with van der Waals surface area (Å²) in [5.41, 5.74) is 3.19. The monoisotopic (exact) mass is 525 g/mol. The first-order valence-electron chi connectivity index (χ1n) is 13.1. The number of nitrogens with zero attached hydrogens (tertiary/aromatic N) is 1. The Bertz CT molecular complexity index is 1120. The minimum Gasteiger partial charge on any atom is -0.444 e. The van der Waals surface area contributed by atoms with Gasteiger partial charge in [0.15, 0.2) is 0 Å². The summed E-state index contributed by atoms with van der Waals surface area (Å²) in [5.74, 6) is -0.811. The third-order valence-corrected chi connectivity index (χ3v) is 6.01. The number of para-hydroxylation sites is 1. The molecule has 8 heteroatoms. The van der Waals surface area contributed by atoms with Gasteiger partial charge in [-0.1, -0.05) is 55.8 Å². The van der Waals surface area contributed by atoms with Crippen molar-refractivity contribution < 1.29 is 24.2 Å². The smallest absolute Gasteiger partial charge is 0.408 e. The summed E-state index contributed by atoms with van der Waals surface area (Å²) in [6.45, 7) is 14.4. The zero-order valence-electron chi connectivity index (χ0n) is 23.9. The van der Waals surface area contributed by atoms with Gasteiger partial charge in [-0.05, 0) is 76.6 Å². The highest BCUT2D eigenvalue weighted by molar-refractivity contribution is 5.99. The summed E-state index contributed by atoms with van der Waals surface area (Å²) >= 11 is 0. The predicted molar refractivity (Wildman–Crippen MR) is 150 cm³/mol. The minimum absolute atomic E-state index is 0.0646. The van der Waals surface area contributed by atoms with Gasteiger partial charge >= 0.3 is 6.09 Å². The van der Waals surface area contributed by atoms with Gasteiger partial charge in [-0.25, -0.2) is 4.79 Å². The third-order valence-electron chi connectivity index (χ3n) is 6.01. The highest BCUT2D eigenvalue weighted by Crippen LogP contribution is 2.29. The molecular formula is C30H43N3O5. The number of hydrogen-bond donors (Lipinski definition) is 3. The van der Waals surface area contributed by atoms with Crippen LogP contribution in [0, 0.1) is 26.7 Å². The number of anilines is 1. The van der Waals surface area contributed by atoms with Gasteiger partial charge in [0.05, 0.1) is 6.61 Å². The fourth-order valence-electron chi connectivity index (χ4n) is 4.24. The van der Waals surface area contributed by atoms with Crippen LogP contribution in [0.15, 0.2) is 42.5 Å². The quantitative estimate of drug-likeness (QED) is 0.402. The molecule has 2 atom stereocenters. The van der Waals surface area contributed by atoms with Crippen molar-refractivity contribution in [3.05, 3.63) is 64.7 Å². The van der Waals surface area contributed by atoms with Crippen molar-refractivity contribution in [2.45, 2.75) is 79.5 Å². The molecule has 0 heterocycles. The number of benzene rings is 2. The van der Waals surface area contributed by atoms with Gasteiger partial charge in [0, 0.05) is 12.2 Å². The number of ether oxygens (including phenoxy) is 1. The number of aryl methyl sites for hydroxylation is 3. The molecular weight excluding hydrogens is 482 g/mol. The van der Waals surface area contributed by atoms with E-state index in [2.05, 4.69) is 10.6 Å². The van der Waals surface area contributed by atoms with Crippen LogP contribution in [0.25, 0.3) is 0 Å². The summed E-state index contributed by atoms with van der Waals surface area (Å²) in [7, 11) is 0. The highest BCUT2D eigenvalue weighted by atomic mass is 16.6. The molecule has 0 aliphatic rings. The fraction of sp³-hybridized carbons (Fsp3) is 0.500. The van der Waals surface area contributed by atoms with Crippen LogP contribution in [0.2, 0.25) is 0 Å². The Morgan fingerprint density at radius 3 is 2.24 bits per heavy atom. The van der Waals surface area contributed by atoms with E-state index >= 15 is 0 Å². The van der Waals surface area contributed by atoms with E-state index in [1.807, 2.05) is 71.0 Å². The Kier molecular flexibility index (Phi) is 10.9. The molecule has 208 valence electrons. The lowest BCUT2D eigenvalue weighted by Crippen LogP contribution is -2.53. The van der Waals surface area contributed by atoms with E-state index in [0.717, 1.165) is 16.7 Å². The van der Waals surface area contributed by atoms with E-state index in [1.54, 1.807) is 26.8 Å². The van der Waals surface area contributed by atoms with Crippen molar-refractivity contribution in [3.63, 3.8) is 0 Å². The topological polar surface area (TPSA) is 108 Å². The maximum Gasteiger partial charge on any atom is 0.408 e. The summed E-state index contributed by atoms with van der Waals surface area (Å²) in [6.07, 6.45) is -0.382. The molecule has 0 aromatic heterocycles. The van der Waals surface area contributed by atoms with Crippen LogP contribution in [0.5, 0.6) is 0 Å². The van der Waals surface area contributed by atoms with Crippen molar-refractivity contribution in [2.24, 2.45) is 5.92 Å². The molecule has 0 aliphatic heterocycles. The average Bonchev–Trinajstić information content (AvgIpc) is 2.80. The zero-order valence-corrected chi connectivity index (χ0v) is 23.9. The Balaban J connectivity index is 2.56. The second kappa shape index (κ2) is 13.4. The van der Waals surface area contributed by atoms with Crippen molar-refractivity contribution in [1.82, 2.24) is 10.2 Å². The lowest BCUT2D eigenvalue weighted by atomic mass is 9.95. The molecule has 0 saturated carbocycles.